The second-order valence-corrected chi connectivity index (χ2v) is 2.60. The summed E-state index contributed by atoms with van der Waals surface area (Å²) >= 11 is 0. The third-order valence-corrected chi connectivity index (χ3v) is 1.58. The highest BCUT2D eigenvalue weighted by molar-refractivity contribution is 6.17. The predicted molar refractivity (Wildman–Crippen MR) is 41.7 cm³/mol. The highest BCUT2D eigenvalue weighted by Gasteiger charge is 2.21. The standard InChI is InChI=1S/C7H12N2O/c1-7(3-2-6-10)8-4-5-9-7/h4-5,10H,2-3,6H2,1H3. The molecule has 10 heavy (non-hydrogen) atoms. The maximum absolute atomic E-state index is 8.54. The van der Waals surface area contributed by atoms with Crippen molar-refractivity contribution in [2.45, 2.75) is 25.4 Å². The first-order chi connectivity index (χ1) is 4.77. The molecule has 0 aromatic heterocycles. The lowest BCUT2D eigenvalue weighted by Crippen LogP contribution is -2.16. The smallest absolute Gasteiger partial charge is 0.147 e. The second-order valence-electron chi connectivity index (χ2n) is 2.60. The third kappa shape index (κ3) is 1.64. The fourth-order valence-corrected chi connectivity index (χ4v) is 0.964. The number of rotatable bonds is 3. The molecule has 0 aromatic carbocycles. The van der Waals surface area contributed by atoms with Gasteiger partial charge in [-0.2, -0.15) is 0 Å². The van der Waals surface area contributed by atoms with Gasteiger partial charge in [0.15, 0.2) is 0 Å². The maximum atomic E-state index is 8.54. The summed E-state index contributed by atoms with van der Waals surface area (Å²) in [4.78, 5) is 8.29. The molecule has 3 heteroatoms. The molecular formula is C7H12N2O. The number of aliphatic imine (C=N–C) groups is 2. The lowest BCUT2D eigenvalue weighted by atomic mass is 10.1. The zero-order chi connectivity index (χ0) is 7.45. The van der Waals surface area contributed by atoms with Gasteiger partial charge in [0.05, 0.1) is 0 Å². The molecule has 3 nitrogen and oxygen atoms in total. The van der Waals surface area contributed by atoms with E-state index in [9.17, 15) is 0 Å². The molecule has 0 amide bonds. The monoisotopic (exact) mass is 140 g/mol. The van der Waals surface area contributed by atoms with Gasteiger partial charge in [-0.3, -0.25) is 9.98 Å². The Morgan fingerprint density at radius 3 is 2.50 bits per heavy atom. The van der Waals surface area contributed by atoms with Gasteiger partial charge in [-0.05, 0) is 19.8 Å². The molecule has 1 aliphatic heterocycles. The van der Waals surface area contributed by atoms with Crippen molar-refractivity contribution in [2.24, 2.45) is 9.98 Å². The Morgan fingerprint density at radius 2 is 2.00 bits per heavy atom. The van der Waals surface area contributed by atoms with E-state index >= 15 is 0 Å². The molecule has 56 valence electrons. The molecule has 0 unspecified atom stereocenters. The second kappa shape index (κ2) is 2.92. The summed E-state index contributed by atoms with van der Waals surface area (Å²) in [5, 5.41) is 8.54. The van der Waals surface area contributed by atoms with Gasteiger partial charge < -0.3 is 5.11 Å². The van der Waals surface area contributed by atoms with E-state index in [2.05, 4.69) is 9.98 Å². The van der Waals surface area contributed by atoms with Crippen molar-refractivity contribution in [3.05, 3.63) is 0 Å². The van der Waals surface area contributed by atoms with Gasteiger partial charge >= 0.3 is 0 Å². The molecule has 0 saturated carbocycles. The minimum atomic E-state index is -0.275. The van der Waals surface area contributed by atoms with Crippen molar-refractivity contribution in [3.63, 3.8) is 0 Å². The van der Waals surface area contributed by atoms with Crippen LogP contribution in [0, 0.1) is 0 Å². The molecule has 0 spiro atoms. The predicted octanol–water partition coefficient (Wildman–Crippen LogP) is 0.630. The van der Waals surface area contributed by atoms with Gasteiger partial charge in [0.1, 0.15) is 5.66 Å². The van der Waals surface area contributed by atoms with Crippen molar-refractivity contribution < 1.29 is 5.11 Å². The Kier molecular flexibility index (Phi) is 2.17. The first-order valence-corrected chi connectivity index (χ1v) is 3.47. The summed E-state index contributed by atoms with van der Waals surface area (Å²) in [5.74, 6) is 0. The fourth-order valence-electron chi connectivity index (χ4n) is 0.964. The normalized spacial score (nSPS) is 20.2. The van der Waals surface area contributed by atoms with E-state index < -0.39 is 0 Å². The van der Waals surface area contributed by atoms with Crippen LogP contribution in [0.1, 0.15) is 19.8 Å². The van der Waals surface area contributed by atoms with E-state index in [-0.39, 0.29) is 12.3 Å². The fraction of sp³-hybridized carbons (Fsp3) is 0.714. The van der Waals surface area contributed by atoms with Crippen molar-refractivity contribution in [1.29, 1.82) is 0 Å². The quantitative estimate of drug-likeness (QED) is 0.614. The summed E-state index contributed by atoms with van der Waals surface area (Å²) < 4.78 is 0. The SMILES string of the molecule is CC1(CCCO)N=CC=N1. The minimum Gasteiger partial charge on any atom is -0.396 e. The van der Waals surface area contributed by atoms with Crippen LogP contribution in [-0.4, -0.2) is 29.8 Å². The average molecular weight is 140 g/mol. The molecule has 0 radical (unpaired) electrons. The summed E-state index contributed by atoms with van der Waals surface area (Å²) in [7, 11) is 0. The van der Waals surface area contributed by atoms with Crippen molar-refractivity contribution in [2.75, 3.05) is 6.61 Å². The van der Waals surface area contributed by atoms with Gasteiger partial charge in [0, 0.05) is 19.0 Å². The minimum absolute atomic E-state index is 0.223. The topological polar surface area (TPSA) is 45.0 Å². The van der Waals surface area contributed by atoms with Crippen molar-refractivity contribution in [3.8, 4) is 0 Å². The summed E-state index contributed by atoms with van der Waals surface area (Å²) in [6.45, 7) is 2.18. The number of hydrogen-bond donors (Lipinski definition) is 1. The molecule has 1 N–H and O–H groups in total. The largest absolute Gasteiger partial charge is 0.396 e. The third-order valence-electron chi connectivity index (χ3n) is 1.58. The molecular weight excluding hydrogens is 128 g/mol. The Balaban J connectivity index is 2.38. The zero-order valence-corrected chi connectivity index (χ0v) is 6.12. The highest BCUT2D eigenvalue weighted by Crippen LogP contribution is 2.20. The van der Waals surface area contributed by atoms with Gasteiger partial charge in [-0.25, -0.2) is 0 Å². The van der Waals surface area contributed by atoms with Crippen LogP contribution in [0.25, 0.3) is 0 Å². The average Bonchev–Trinajstić information content (AvgIpc) is 2.33. The molecule has 1 heterocycles. The molecule has 0 atom stereocenters. The van der Waals surface area contributed by atoms with E-state index in [1.165, 1.54) is 0 Å². The van der Waals surface area contributed by atoms with Crippen molar-refractivity contribution >= 4 is 12.4 Å². The Morgan fingerprint density at radius 1 is 1.40 bits per heavy atom. The van der Waals surface area contributed by atoms with Gasteiger partial charge in [0.25, 0.3) is 0 Å². The van der Waals surface area contributed by atoms with Crippen LogP contribution in [0.2, 0.25) is 0 Å². The number of aliphatic hydroxyl groups excluding tert-OH is 1. The van der Waals surface area contributed by atoms with Gasteiger partial charge in [0.2, 0.25) is 0 Å². The van der Waals surface area contributed by atoms with Gasteiger partial charge in [-0.15, -0.1) is 0 Å². The molecule has 1 aliphatic rings. The van der Waals surface area contributed by atoms with E-state index in [4.69, 9.17) is 5.11 Å². The van der Waals surface area contributed by atoms with Crippen LogP contribution in [-0.2, 0) is 0 Å². The van der Waals surface area contributed by atoms with E-state index in [1.54, 1.807) is 12.4 Å². The van der Waals surface area contributed by atoms with E-state index in [0.717, 1.165) is 12.8 Å². The lowest BCUT2D eigenvalue weighted by Gasteiger charge is -2.15. The zero-order valence-electron chi connectivity index (χ0n) is 6.12. The Hall–Kier alpha value is -0.700. The molecule has 0 saturated heterocycles. The number of nitrogens with zero attached hydrogens (tertiary/aromatic N) is 2. The van der Waals surface area contributed by atoms with Gasteiger partial charge in [-0.1, -0.05) is 0 Å². The number of aliphatic hydroxyl groups is 1. The molecule has 0 bridgehead atoms. The number of hydrogen-bond acceptors (Lipinski definition) is 3. The Bertz CT molecular complexity index is 151. The molecule has 0 aliphatic carbocycles. The lowest BCUT2D eigenvalue weighted by molar-refractivity contribution is 0.268. The molecule has 0 aromatic rings. The van der Waals surface area contributed by atoms with Crippen LogP contribution in [0.15, 0.2) is 9.98 Å². The first-order valence-electron chi connectivity index (χ1n) is 3.47. The molecule has 0 fully saturated rings. The van der Waals surface area contributed by atoms with E-state index in [0.29, 0.717) is 0 Å². The molecule has 1 rings (SSSR count). The van der Waals surface area contributed by atoms with Crippen LogP contribution in [0.3, 0.4) is 0 Å². The van der Waals surface area contributed by atoms with Crippen LogP contribution in [0.5, 0.6) is 0 Å². The van der Waals surface area contributed by atoms with Crippen LogP contribution in [0.4, 0.5) is 0 Å². The van der Waals surface area contributed by atoms with Crippen LogP contribution < -0.4 is 0 Å². The Labute approximate surface area is 60.5 Å². The van der Waals surface area contributed by atoms with Crippen LogP contribution >= 0.6 is 0 Å². The highest BCUT2D eigenvalue weighted by atomic mass is 16.2. The maximum Gasteiger partial charge on any atom is 0.147 e. The first kappa shape index (κ1) is 7.41. The summed E-state index contributed by atoms with van der Waals surface area (Å²) in [6, 6.07) is 0. The van der Waals surface area contributed by atoms with Crippen molar-refractivity contribution in [1.82, 2.24) is 0 Å². The summed E-state index contributed by atoms with van der Waals surface area (Å²) in [5.41, 5.74) is -0.275. The summed E-state index contributed by atoms with van der Waals surface area (Å²) in [6.07, 6.45) is 5.01. The van der Waals surface area contributed by atoms with E-state index in [1.807, 2.05) is 6.92 Å².